The van der Waals surface area contributed by atoms with Crippen molar-refractivity contribution in [3.05, 3.63) is 23.4 Å². The molecule has 1 heterocycles. The molecule has 15 heavy (non-hydrogen) atoms. The summed E-state index contributed by atoms with van der Waals surface area (Å²) in [6, 6.07) is 2.17. The zero-order valence-electron chi connectivity index (χ0n) is 9.75. The number of aryl methyl sites for hydroxylation is 2. The standard InChI is InChI=1S/C12H19NO2/c1-4-11-8-10(6-5-7-14-2)9-13-12(11)15-3/h8-9H,4-7H2,1-3H3. The Bertz CT molecular complexity index is 300. The van der Waals surface area contributed by atoms with Crippen molar-refractivity contribution in [2.75, 3.05) is 20.8 Å². The maximum Gasteiger partial charge on any atom is 0.216 e. The lowest BCUT2D eigenvalue weighted by atomic mass is 10.1. The Morgan fingerprint density at radius 3 is 2.73 bits per heavy atom. The van der Waals surface area contributed by atoms with E-state index in [1.165, 1.54) is 11.1 Å². The van der Waals surface area contributed by atoms with Crippen molar-refractivity contribution in [3.8, 4) is 5.88 Å². The molecule has 1 rings (SSSR count). The van der Waals surface area contributed by atoms with E-state index in [0.717, 1.165) is 31.7 Å². The summed E-state index contributed by atoms with van der Waals surface area (Å²) >= 11 is 0. The first kappa shape index (κ1) is 12.0. The molecule has 0 aliphatic rings. The zero-order valence-corrected chi connectivity index (χ0v) is 9.75. The molecular weight excluding hydrogens is 190 g/mol. The van der Waals surface area contributed by atoms with Crippen LogP contribution < -0.4 is 4.74 Å². The van der Waals surface area contributed by atoms with E-state index in [-0.39, 0.29) is 0 Å². The Balaban J connectivity index is 2.66. The average molecular weight is 209 g/mol. The van der Waals surface area contributed by atoms with Crippen LogP contribution in [0.2, 0.25) is 0 Å². The quantitative estimate of drug-likeness (QED) is 0.673. The van der Waals surface area contributed by atoms with E-state index in [0.29, 0.717) is 0 Å². The van der Waals surface area contributed by atoms with Gasteiger partial charge in [-0.25, -0.2) is 4.98 Å². The number of methoxy groups -OCH3 is 2. The Hall–Kier alpha value is -1.09. The van der Waals surface area contributed by atoms with E-state index < -0.39 is 0 Å². The number of rotatable bonds is 6. The van der Waals surface area contributed by atoms with Gasteiger partial charge in [0.1, 0.15) is 0 Å². The monoisotopic (exact) mass is 209 g/mol. The Morgan fingerprint density at radius 1 is 1.33 bits per heavy atom. The van der Waals surface area contributed by atoms with Crippen LogP contribution in [0.1, 0.15) is 24.5 Å². The van der Waals surface area contributed by atoms with Gasteiger partial charge < -0.3 is 9.47 Å². The summed E-state index contributed by atoms with van der Waals surface area (Å²) in [6.45, 7) is 2.91. The number of nitrogens with zero attached hydrogens (tertiary/aromatic N) is 1. The van der Waals surface area contributed by atoms with Gasteiger partial charge in [0, 0.05) is 25.5 Å². The fraction of sp³-hybridized carbons (Fsp3) is 0.583. The van der Waals surface area contributed by atoms with Gasteiger partial charge in [0.2, 0.25) is 5.88 Å². The van der Waals surface area contributed by atoms with Crippen LogP contribution in [0.15, 0.2) is 12.3 Å². The van der Waals surface area contributed by atoms with Crippen LogP contribution in [0.25, 0.3) is 0 Å². The Labute approximate surface area is 91.4 Å². The summed E-state index contributed by atoms with van der Waals surface area (Å²) in [5, 5.41) is 0. The van der Waals surface area contributed by atoms with E-state index in [1.54, 1.807) is 14.2 Å². The first-order valence-electron chi connectivity index (χ1n) is 5.32. The summed E-state index contributed by atoms with van der Waals surface area (Å²) in [6.07, 6.45) is 4.88. The molecule has 0 aliphatic heterocycles. The fourth-order valence-electron chi connectivity index (χ4n) is 1.54. The summed E-state index contributed by atoms with van der Waals surface area (Å²) in [4.78, 5) is 4.28. The highest BCUT2D eigenvalue weighted by Gasteiger charge is 2.03. The maximum atomic E-state index is 5.18. The molecule has 0 spiro atoms. The fourth-order valence-corrected chi connectivity index (χ4v) is 1.54. The van der Waals surface area contributed by atoms with Crippen molar-refractivity contribution in [2.45, 2.75) is 26.2 Å². The zero-order chi connectivity index (χ0) is 11.1. The topological polar surface area (TPSA) is 31.4 Å². The Morgan fingerprint density at radius 2 is 2.13 bits per heavy atom. The highest BCUT2D eigenvalue weighted by atomic mass is 16.5. The maximum absolute atomic E-state index is 5.18. The smallest absolute Gasteiger partial charge is 0.216 e. The molecule has 0 bridgehead atoms. The molecule has 0 saturated heterocycles. The third kappa shape index (κ3) is 3.51. The first-order chi connectivity index (χ1) is 7.31. The molecule has 0 unspecified atom stereocenters. The number of ether oxygens (including phenoxy) is 2. The molecule has 0 atom stereocenters. The van der Waals surface area contributed by atoms with Crippen LogP contribution in [0.3, 0.4) is 0 Å². The van der Waals surface area contributed by atoms with Gasteiger partial charge in [0.15, 0.2) is 0 Å². The largest absolute Gasteiger partial charge is 0.481 e. The normalized spacial score (nSPS) is 10.3. The van der Waals surface area contributed by atoms with Crippen molar-refractivity contribution in [1.82, 2.24) is 4.98 Å². The second-order valence-corrected chi connectivity index (χ2v) is 3.46. The van der Waals surface area contributed by atoms with Crippen LogP contribution in [-0.2, 0) is 17.6 Å². The van der Waals surface area contributed by atoms with Gasteiger partial charge in [-0.05, 0) is 30.9 Å². The van der Waals surface area contributed by atoms with Crippen LogP contribution >= 0.6 is 0 Å². The lowest BCUT2D eigenvalue weighted by Gasteiger charge is -2.07. The molecule has 0 aliphatic carbocycles. The highest BCUT2D eigenvalue weighted by molar-refractivity contribution is 5.29. The first-order valence-corrected chi connectivity index (χ1v) is 5.32. The second-order valence-electron chi connectivity index (χ2n) is 3.46. The van der Waals surface area contributed by atoms with E-state index in [1.807, 2.05) is 6.20 Å². The van der Waals surface area contributed by atoms with Gasteiger partial charge in [-0.1, -0.05) is 6.92 Å². The Kier molecular flexibility index (Phi) is 5.12. The van der Waals surface area contributed by atoms with Crippen molar-refractivity contribution in [1.29, 1.82) is 0 Å². The van der Waals surface area contributed by atoms with Crippen LogP contribution in [0, 0.1) is 0 Å². The number of hydrogen-bond acceptors (Lipinski definition) is 3. The van der Waals surface area contributed by atoms with E-state index in [4.69, 9.17) is 9.47 Å². The van der Waals surface area contributed by atoms with Gasteiger partial charge in [0.05, 0.1) is 7.11 Å². The predicted molar refractivity (Wildman–Crippen MR) is 60.4 cm³/mol. The van der Waals surface area contributed by atoms with E-state index in [9.17, 15) is 0 Å². The van der Waals surface area contributed by atoms with Crippen LogP contribution in [0.5, 0.6) is 5.88 Å². The van der Waals surface area contributed by atoms with Gasteiger partial charge in [-0.15, -0.1) is 0 Å². The van der Waals surface area contributed by atoms with Crippen molar-refractivity contribution in [3.63, 3.8) is 0 Å². The summed E-state index contributed by atoms with van der Waals surface area (Å²) < 4.78 is 10.2. The number of pyridine rings is 1. The third-order valence-corrected chi connectivity index (χ3v) is 2.37. The van der Waals surface area contributed by atoms with Crippen LogP contribution in [-0.4, -0.2) is 25.8 Å². The summed E-state index contributed by atoms with van der Waals surface area (Å²) in [5.41, 5.74) is 2.43. The van der Waals surface area contributed by atoms with Gasteiger partial charge in [0.25, 0.3) is 0 Å². The minimum absolute atomic E-state index is 0.744. The van der Waals surface area contributed by atoms with Crippen molar-refractivity contribution >= 4 is 0 Å². The molecule has 0 aromatic carbocycles. The molecule has 3 nitrogen and oxygen atoms in total. The highest BCUT2D eigenvalue weighted by Crippen LogP contribution is 2.17. The van der Waals surface area contributed by atoms with Crippen molar-refractivity contribution < 1.29 is 9.47 Å². The lowest BCUT2D eigenvalue weighted by Crippen LogP contribution is -1.98. The third-order valence-electron chi connectivity index (χ3n) is 2.37. The molecule has 1 aromatic rings. The molecule has 0 fully saturated rings. The van der Waals surface area contributed by atoms with Crippen molar-refractivity contribution in [2.24, 2.45) is 0 Å². The second kappa shape index (κ2) is 6.40. The van der Waals surface area contributed by atoms with E-state index >= 15 is 0 Å². The molecule has 0 radical (unpaired) electrons. The van der Waals surface area contributed by atoms with Gasteiger partial charge in [-0.3, -0.25) is 0 Å². The lowest BCUT2D eigenvalue weighted by molar-refractivity contribution is 0.195. The molecule has 3 heteroatoms. The predicted octanol–water partition coefficient (Wildman–Crippen LogP) is 2.23. The SMILES string of the molecule is CCc1cc(CCCOC)cnc1OC. The van der Waals surface area contributed by atoms with E-state index in [2.05, 4.69) is 18.0 Å². The molecular formula is C12H19NO2. The minimum atomic E-state index is 0.744. The van der Waals surface area contributed by atoms with Gasteiger partial charge in [-0.2, -0.15) is 0 Å². The molecule has 84 valence electrons. The van der Waals surface area contributed by atoms with Gasteiger partial charge >= 0.3 is 0 Å². The summed E-state index contributed by atoms with van der Waals surface area (Å²) in [5.74, 6) is 0.744. The minimum Gasteiger partial charge on any atom is -0.481 e. The number of hydrogen-bond donors (Lipinski definition) is 0. The number of aromatic nitrogens is 1. The molecule has 0 amide bonds. The molecule has 1 aromatic heterocycles. The summed E-state index contributed by atoms with van der Waals surface area (Å²) in [7, 11) is 3.38. The molecule has 0 N–H and O–H groups in total. The average Bonchev–Trinajstić information content (AvgIpc) is 2.29. The molecule has 0 saturated carbocycles. The van der Waals surface area contributed by atoms with Crippen LogP contribution in [0.4, 0.5) is 0 Å².